The van der Waals surface area contributed by atoms with Gasteiger partial charge in [-0.2, -0.15) is 0 Å². The lowest BCUT2D eigenvalue weighted by Crippen LogP contribution is -2.28. The number of thiophene rings is 2. The maximum atomic E-state index is 13.4. The lowest BCUT2D eigenvalue weighted by Gasteiger charge is -2.08. The summed E-state index contributed by atoms with van der Waals surface area (Å²) in [6.45, 7) is 4.16. The molecule has 0 aliphatic rings. The number of hydrogen-bond donors (Lipinski definition) is 1. The molecule has 0 bridgehead atoms. The molecule has 0 unspecified atom stereocenters. The number of nitrogens with one attached hydrogen (secondary N) is 1. The van der Waals surface area contributed by atoms with Gasteiger partial charge in [0.1, 0.15) is 22.1 Å². The van der Waals surface area contributed by atoms with Gasteiger partial charge in [0.05, 0.1) is 30.5 Å². The average molecular weight is 560 g/mol. The van der Waals surface area contributed by atoms with Gasteiger partial charge in [-0.25, -0.2) is 9.78 Å². The van der Waals surface area contributed by atoms with Gasteiger partial charge in [0.2, 0.25) is 5.91 Å². The van der Waals surface area contributed by atoms with Crippen LogP contribution in [0.3, 0.4) is 0 Å². The normalized spacial score (nSPS) is 10.9. The molecule has 0 spiro atoms. The van der Waals surface area contributed by atoms with Gasteiger partial charge < -0.3 is 14.8 Å². The Morgan fingerprint density at radius 1 is 1.00 bits per heavy atom. The topological polar surface area (TPSA) is 99.5 Å². The quantitative estimate of drug-likeness (QED) is 0.220. The van der Waals surface area contributed by atoms with E-state index in [-0.39, 0.29) is 24.3 Å². The number of fused-ring (bicyclic) bond motifs is 1. The summed E-state index contributed by atoms with van der Waals surface area (Å²) in [4.78, 5) is 45.0. The molecule has 8 nitrogen and oxygen atoms in total. The molecule has 0 saturated heterocycles. The summed E-state index contributed by atoms with van der Waals surface area (Å²) in [5.74, 6) is -0.230. The molecule has 0 fully saturated rings. The summed E-state index contributed by atoms with van der Waals surface area (Å²) in [7, 11) is 0. The summed E-state index contributed by atoms with van der Waals surface area (Å²) in [6.07, 6.45) is 1.37. The van der Waals surface area contributed by atoms with Crippen molar-refractivity contribution in [2.75, 3.05) is 18.5 Å². The third-order valence-corrected chi connectivity index (χ3v) is 7.88. The highest BCUT2D eigenvalue weighted by molar-refractivity contribution is 7.20. The number of benzene rings is 2. The fraction of sp³-hybridized carbons (Fsp3) is 0.172. The maximum Gasteiger partial charge on any atom is 0.341 e. The second-order valence-electron chi connectivity index (χ2n) is 8.45. The number of carbonyl (C=O) groups excluding carboxylic acids is 2. The number of hydrogen-bond acceptors (Lipinski definition) is 8. The molecule has 2 aromatic carbocycles. The van der Waals surface area contributed by atoms with E-state index in [0.29, 0.717) is 21.8 Å². The smallest absolute Gasteiger partial charge is 0.341 e. The van der Waals surface area contributed by atoms with Crippen molar-refractivity contribution in [2.24, 2.45) is 0 Å². The molecule has 0 aliphatic heterocycles. The highest BCUT2D eigenvalue weighted by Crippen LogP contribution is 2.36. The minimum atomic E-state index is -0.523. The van der Waals surface area contributed by atoms with E-state index in [1.54, 1.807) is 13.0 Å². The molecular formula is C29H25N3O5S2. The monoisotopic (exact) mass is 559 g/mol. The van der Waals surface area contributed by atoms with E-state index in [1.807, 2.05) is 66.9 Å². The van der Waals surface area contributed by atoms with Crippen molar-refractivity contribution in [3.05, 3.63) is 88.3 Å². The first kappa shape index (κ1) is 26.3. The first-order chi connectivity index (χ1) is 19.0. The number of anilines is 1. The second-order valence-corrected chi connectivity index (χ2v) is 10.4. The van der Waals surface area contributed by atoms with E-state index in [9.17, 15) is 14.4 Å². The van der Waals surface area contributed by atoms with E-state index in [0.717, 1.165) is 27.3 Å². The number of esters is 1. The zero-order chi connectivity index (χ0) is 27.4. The molecule has 1 N–H and O–H groups in total. The van der Waals surface area contributed by atoms with Crippen LogP contribution in [0.2, 0.25) is 0 Å². The van der Waals surface area contributed by atoms with Gasteiger partial charge in [0.25, 0.3) is 5.56 Å². The van der Waals surface area contributed by atoms with Crippen LogP contribution in [0.1, 0.15) is 24.2 Å². The SMILES string of the molecule is CCOC(=O)c1cc(-c2ccccc2)sc1NC(=O)Cn1cnc2scc(-c3ccc(OCC)cc3)c2c1=O. The average Bonchev–Trinajstić information content (AvgIpc) is 3.57. The fourth-order valence-corrected chi connectivity index (χ4v) is 6.07. The molecule has 3 heterocycles. The maximum absolute atomic E-state index is 13.4. The summed E-state index contributed by atoms with van der Waals surface area (Å²) in [5, 5.41) is 5.51. The van der Waals surface area contributed by atoms with Crippen molar-refractivity contribution >= 4 is 49.8 Å². The van der Waals surface area contributed by atoms with Crippen LogP contribution in [0, 0.1) is 0 Å². The molecule has 0 aliphatic carbocycles. The predicted octanol–water partition coefficient (Wildman–Crippen LogP) is 6.07. The van der Waals surface area contributed by atoms with E-state index < -0.39 is 11.9 Å². The Morgan fingerprint density at radius 3 is 2.49 bits per heavy atom. The highest BCUT2D eigenvalue weighted by Gasteiger charge is 2.21. The Labute approximate surface area is 232 Å². The van der Waals surface area contributed by atoms with Crippen LogP contribution >= 0.6 is 22.7 Å². The number of rotatable bonds is 9. The molecular weight excluding hydrogens is 534 g/mol. The van der Waals surface area contributed by atoms with Crippen LogP contribution in [0.25, 0.3) is 31.8 Å². The standard InChI is InChI=1S/C29H25N3O5S2/c1-3-36-20-12-10-18(11-13-20)22-16-38-27-25(22)28(34)32(17-30-27)15-24(33)31-26-21(29(35)37-4-2)14-23(39-26)19-8-6-5-7-9-19/h5-14,16-17H,3-4,15H2,1-2H3,(H,31,33). The van der Waals surface area contributed by atoms with Crippen molar-refractivity contribution in [2.45, 2.75) is 20.4 Å². The summed E-state index contributed by atoms with van der Waals surface area (Å²) in [6, 6.07) is 18.8. The number of carbonyl (C=O) groups is 2. The van der Waals surface area contributed by atoms with Crippen molar-refractivity contribution < 1.29 is 19.1 Å². The lowest BCUT2D eigenvalue weighted by atomic mass is 10.1. The number of nitrogens with zero attached hydrogens (tertiary/aromatic N) is 2. The summed E-state index contributed by atoms with van der Waals surface area (Å²) >= 11 is 2.65. The highest BCUT2D eigenvalue weighted by atomic mass is 32.1. The van der Waals surface area contributed by atoms with Crippen LogP contribution in [-0.2, 0) is 16.1 Å². The molecule has 0 saturated carbocycles. The predicted molar refractivity (Wildman–Crippen MR) is 155 cm³/mol. The summed E-state index contributed by atoms with van der Waals surface area (Å²) in [5.41, 5.74) is 2.48. The van der Waals surface area contributed by atoms with Crippen LogP contribution in [0.5, 0.6) is 5.75 Å². The van der Waals surface area contributed by atoms with Gasteiger partial charge in [0.15, 0.2) is 0 Å². The Kier molecular flexibility index (Phi) is 7.85. The molecule has 3 aromatic heterocycles. The molecule has 198 valence electrons. The van der Waals surface area contributed by atoms with Gasteiger partial charge in [0, 0.05) is 15.8 Å². The minimum absolute atomic E-state index is 0.209. The third-order valence-electron chi connectivity index (χ3n) is 5.89. The van der Waals surface area contributed by atoms with E-state index in [1.165, 1.54) is 33.6 Å². The van der Waals surface area contributed by atoms with Crippen LogP contribution in [0.15, 0.2) is 77.2 Å². The van der Waals surface area contributed by atoms with Gasteiger partial charge in [-0.3, -0.25) is 14.2 Å². The molecule has 5 rings (SSSR count). The molecule has 39 heavy (non-hydrogen) atoms. The van der Waals surface area contributed by atoms with Crippen LogP contribution in [0.4, 0.5) is 5.00 Å². The van der Waals surface area contributed by atoms with Crippen molar-refractivity contribution in [3.63, 3.8) is 0 Å². The first-order valence-electron chi connectivity index (χ1n) is 12.3. The van der Waals surface area contributed by atoms with E-state index in [2.05, 4.69) is 10.3 Å². The van der Waals surface area contributed by atoms with Crippen molar-refractivity contribution in [1.82, 2.24) is 9.55 Å². The lowest BCUT2D eigenvalue weighted by molar-refractivity contribution is -0.116. The fourth-order valence-electron chi connectivity index (χ4n) is 4.10. The molecule has 10 heteroatoms. The number of amides is 1. The zero-order valence-electron chi connectivity index (χ0n) is 21.3. The van der Waals surface area contributed by atoms with Gasteiger partial charge >= 0.3 is 5.97 Å². The molecule has 0 atom stereocenters. The van der Waals surface area contributed by atoms with Crippen LogP contribution < -0.4 is 15.6 Å². The Bertz CT molecular complexity index is 1690. The van der Waals surface area contributed by atoms with Crippen molar-refractivity contribution in [3.8, 4) is 27.3 Å². The van der Waals surface area contributed by atoms with Gasteiger partial charge in [-0.15, -0.1) is 22.7 Å². The van der Waals surface area contributed by atoms with Gasteiger partial charge in [-0.05, 0) is 43.2 Å². The minimum Gasteiger partial charge on any atom is -0.494 e. The van der Waals surface area contributed by atoms with E-state index >= 15 is 0 Å². The van der Waals surface area contributed by atoms with Crippen molar-refractivity contribution in [1.29, 1.82) is 0 Å². The molecule has 0 radical (unpaired) electrons. The Hall–Kier alpha value is -4.28. The van der Waals surface area contributed by atoms with E-state index in [4.69, 9.17) is 9.47 Å². The molecule has 1 amide bonds. The zero-order valence-corrected chi connectivity index (χ0v) is 22.9. The third kappa shape index (κ3) is 5.62. The molecule has 5 aromatic rings. The summed E-state index contributed by atoms with van der Waals surface area (Å²) < 4.78 is 12.0. The number of aromatic nitrogens is 2. The van der Waals surface area contributed by atoms with Crippen LogP contribution in [-0.4, -0.2) is 34.6 Å². The largest absolute Gasteiger partial charge is 0.494 e. The Morgan fingerprint density at radius 2 is 1.77 bits per heavy atom. The first-order valence-corrected chi connectivity index (χ1v) is 14.0. The number of ether oxygens (including phenoxy) is 2. The Balaban J connectivity index is 1.42. The van der Waals surface area contributed by atoms with Gasteiger partial charge in [-0.1, -0.05) is 42.5 Å². The second kappa shape index (κ2) is 11.6.